The lowest BCUT2D eigenvalue weighted by atomic mass is 9.78. The number of rotatable bonds is 10. The van der Waals surface area contributed by atoms with Crippen LogP contribution >= 0.6 is 0 Å². The predicted molar refractivity (Wildman–Crippen MR) is 273 cm³/mol. The fraction of sp³-hybridized carbons (Fsp3) is 0.750. The Morgan fingerprint density at radius 1 is 0.865 bits per heavy atom. The molecule has 2 saturated heterocycles. The van der Waals surface area contributed by atoms with Crippen LogP contribution in [0.1, 0.15) is 126 Å². The molecule has 3 heterocycles. The molecule has 0 aromatic carbocycles. The number of carbonyl (C=O) groups is 6. The largest absolute Gasteiger partial charge is 0.460 e. The number of hydrogen-bond acceptors (Lipinski definition) is 17. The predicted octanol–water partition coefficient (Wildman–Crippen LogP) is 4.69. The van der Waals surface area contributed by atoms with E-state index in [-0.39, 0.29) is 43.1 Å². The van der Waals surface area contributed by atoms with E-state index in [0.717, 1.165) is 10.5 Å². The molecule has 18 heteroatoms. The Hall–Kier alpha value is -3.98. The molecule has 74 heavy (non-hydrogen) atoms. The van der Waals surface area contributed by atoms with Crippen LogP contribution in [0.4, 0.5) is 0 Å². The molecule has 1 amide bonds. The maximum absolute atomic E-state index is 14.5. The monoisotopic (exact) mass is 1050 g/mol. The molecule has 2 bridgehead atoms. The lowest BCUT2D eigenvalue weighted by Crippen LogP contribution is -2.61. The van der Waals surface area contributed by atoms with Crippen LogP contribution < -0.4 is 0 Å². The number of methoxy groups -OCH3 is 3. The summed E-state index contributed by atoms with van der Waals surface area (Å²) in [5.74, 6) is -10.8. The first-order valence-corrected chi connectivity index (χ1v) is 26.5. The van der Waals surface area contributed by atoms with Gasteiger partial charge in [-0.15, -0.1) is 0 Å². The number of hydrogen-bond donors (Lipinski definition) is 5. The molecule has 0 aromatic rings. The highest BCUT2D eigenvalue weighted by molar-refractivity contribution is 6.39. The summed E-state index contributed by atoms with van der Waals surface area (Å²) in [5.41, 5.74) is -0.422. The van der Waals surface area contributed by atoms with Crippen LogP contribution in [0.5, 0.6) is 0 Å². The fourth-order valence-electron chi connectivity index (χ4n) is 10.6. The molecule has 0 spiro atoms. The van der Waals surface area contributed by atoms with Gasteiger partial charge in [-0.05, 0) is 102 Å². The Morgan fingerprint density at radius 2 is 1.55 bits per heavy atom. The molecule has 1 saturated carbocycles. The second kappa shape index (κ2) is 28.4. The van der Waals surface area contributed by atoms with Gasteiger partial charge in [-0.2, -0.15) is 0 Å². The number of piperidine rings is 1. The summed E-state index contributed by atoms with van der Waals surface area (Å²) in [6.07, 6.45) is 6.79. The Morgan fingerprint density at radius 3 is 2.19 bits per heavy atom. The average Bonchev–Trinajstić information content (AvgIpc) is 3.39. The lowest BCUT2D eigenvalue weighted by molar-refractivity contribution is -0.265. The number of esters is 2. The molecule has 0 aromatic heterocycles. The third kappa shape index (κ3) is 15.6. The number of Topliss-reactive ketones (excluding diaryl/α,β-unsaturated/α-hetero) is 3. The van der Waals surface area contributed by atoms with Gasteiger partial charge < -0.3 is 58.9 Å². The summed E-state index contributed by atoms with van der Waals surface area (Å²) >= 11 is 0. The van der Waals surface area contributed by atoms with Gasteiger partial charge in [0.15, 0.2) is 5.78 Å². The highest BCUT2D eigenvalue weighted by Gasteiger charge is 2.53. The number of ketones is 3. The van der Waals surface area contributed by atoms with E-state index < -0.39 is 138 Å². The molecule has 418 valence electrons. The van der Waals surface area contributed by atoms with Crippen molar-refractivity contribution in [1.29, 1.82) is 0 Å². The van der Waals surface area contributed by atoms with Crippen molar-refractivity contribution in [2.24, 2.45) is 40.9 Å². The van der Waals surface area contributed by atoms with Crippen LogP contribution in [0.3, 0.4) is 0 Å². The maximum atomic E-state index is 14.5. The van der Waals surface area contributed by atoms with Crippen LogP contribution in [-0.2, 0) is 57.2 Å². The number of amides is 1. The molecular formula is C56H87NO17. The molecule has 4 aliphatic rings. The molecule has 3 aliphatic heterocycles. The summed E-state index contributed by atoms with van der Waals surface area (Å²) in [5, 5.41) is 54.4. The van der Waals surface area contributed by atoms with Crippen LogP contribution in [0.25, 0.3) is 0 Å². The van der Waals surface area contributed by atoms with E-state index in [1.165, 1.54) is 34.3 Å². The van der Waals surface area contributed by atoms with Crippen molar-refractivity contribution < 1.29 is 82.7 Å². The highest BCUT2D eigenvalue weighted by Crippen LogP contribution is 2.38. The van der Waals surface area contributed by atoms with Gasteiger partial charge >= 0.3 is 11.9 Å². The summed E-state index contributed by atoms with van der Waals surface area (Å²) in [4.78, 5) is 85.5. The Labute approximate surface area is 437 Å². The number of nitrogens with zero attached hydrogens (tertiary/aromatic N) is 1. The van der Waals surface area contributed by atoms with Gasteiger partial charge in [-0.3, -0.25) is 24.0 Å². The van der Waals surface area contributed by atoms with Gasteiger partial charge in [0.1, 0.15) is 41.7 Å². The Bertz CT molecular complexity index is 2050. The van der Waals surface area contributed by atoms with Gasteiger partial charge in [0.2, 0.25) is 5.79 Å². The van der Waals surface area contributed by atoms with Crippen molar-refractivity contribution >= 4 is 35.2 Å². The molecule has 16 atom stereocenters. The lowest BCUT2D eigenvalue weighted by Gasteiger charge is -2.42. The van der Waals surface area contributed by atoms with Crippen molar-refractivity contribution in [2.75, 3.05) is 41.1 Å². The minimum absolute atomic E-state index is 0.0306. The van der Waals surface area contributed by atoms with Crippen molar-refractivity contribution in [3.8, 4) is 0 Å². The molecule has 4 rings (SSSR count). The standard InChI is InChI=1S/C56H87NO17/c1-32-17-13-12-14-18-33(2)47(61)38(7)49(63)50(71-11)48(62)36(5)25-34(3)42(60)29-45(35(4)26-39-21-23-43(46(27-39)70-10)73-54(67)55(8,30-58)31-59)72-53(66)41-19-15-16-24-57(41)52(65)51(64)56(68)37(6)20-22-40(74-56)28-44(32)69-9/h12-14,17-18,25,33-35,37-41,43-48,50,58-59,61-62,68H,15-16,19-24,26-31H2,1-11H3/b13-12?,18-14+,32-17?,36-25+/t33-,34-,35-,37-,38-,39+,40?,41+,43-,44+,45+,46-,47?,48?,50-,56-/m1/s1. The van der Waals surface area contributed by atoms with Crippen LogP contribution in [0, 0.1) is 40.9 Å². The van der Waals surface area contributed by atoms with Crippen molar-refractivity contribution in [3.05, 3.63) is 47.6 Å². The zero-order chi connectivity index (χ0) is 55.2. The van der Waals surface area contributed by atoms with Gasteiger partial charge in [0, 0.05) is 64.4 Å². The maximum Gasteiger partial charge on any atom is 0.329 e. The first-order valence-electron chi connectivity index (χ1n) is 26.5. The summed E-state index contributed by atoms with van der Waals surface area (Å²) in [6, 6.07) is -1.22. The van der Waals surface area contributed by atoms with E-state index in [0.29, 0.717) is 51.4 Å². The molecule has 0 radical (unpaired) electrons. The van der Waals surface area contributed by atoms with Crippen LogP contribution in [-0.4, -0.2) is 167 Å². The molecule has 1 aliphatic carbocycles. The second-order valence-corrected chi connectivity index (χ2v) is 21.9. The van der Waals surface area contributed by atoms with E-state index in [4.69, 9.17) is 28.4 Å². The smallest absolute Gasteiger partial charge is 0.329 e. The molecule has 3 unspecified atom stereocenters. The zero-order valence-corrected chi connectivity index (χ0v) is 45.6. The van der Waals surface area contributed by atoms with Crippen LogP contribution in [0.2, 0.25) is 0 Å². The third-order valence-electron chi connectivity index (χ3n) is 16.2. The van der Waals surface area contributed by atoms with E-state index in [1.54, 1.807) is 58.9 Å². The SMILES string of the molecule is CO[C@H]1CC2CC[C@@H](C)[C@@](O)(O2)C(=O)C(=O)N2CCCC[C@H]2C(=O)O[C@H]([C@H](C)C[C@@H]2CC[C@@H](OC(=O)C(C)(CO)CO)[C@H](OC)C2)CC(=O)[C@H](C)/C=C(\C)C(O)[C@@H](OC)C(=O)[C@H](C)C(O)[C@H](C)/C=C/C=CC=C1C. The quantitative estimate of drug-likeness (QED) is 0.113. The summed E-state index contributed by atoms with van der Waals surface area (Å²) < 4.78 is 35.3. The van der Waals surface area contributed by atoms with Crippen LogP contribution in [0.15, 0.2) is 47.6 Å². The van der Waals surface area contributed by atoms with Gasteiger partial charge in [0.05, 0.1) is 37.6 Å². The minimum Gasteiger partial charge on any atom is -0.460 e. The number of aliphatic hydroxyl groups excluding tert-OH is 4. The Kier molecular flexibility index (Phi) is 24.0. The van der Waals surface area contributed by atoms with E-state index in [9.17, 15) is 54.3 Å². The summed E-state index contributed by atoms with van der Waals surface area (Å²) in [6.45, 7) is 12.1. The van der Waals surface area contributed by atoms with E-state index in [1.807, 2.05) is 19.9 Å². The topological polar surface area (TPSA) is 262 Å². The Balaban J connectivity index is 1.71. The molecule has 18 nitrogen and oxygen atoms in total. The molecule has 5 N–H and O–H groups in total. The minimum atomic E-state index is -2.49. The molecular weight excluding hydrogens is 959 g/mol. The highest BCUT2D eigenvalue weighted by atomic mass is 16.6. The van der Waals surface area contributed by atoms with Gasteiger partial charge in [0.25, 0.3) is 11.7 Å². The van der Waals surface area contributed by atoms with Crippen molar-refractivity contribution in [2.45, 2.75) is 187 Å². The van der Waals surface area contributed by atoms with Crippen molar-refractivity contribution in [1.82, 2.24) is 4.90 Å². The first-order chi connectivity index (χ1) is 34.9. The number of allylic oxidation sites excluding steroid dienone is 5. The number of fused-ring (bicyclic) bond motifs is 3. The third-order valence-corrected chi connectivity index (χ3v) is 16.2. The van der Waals surface area contributed by atoms with Gasteiger partial charge in [-0.1, -0.05) is 71.1 Å². The second-order valence-electron chi connectivity index (χ2n) is 21.9. The summed E-state index contributed by atoms with van der Waals surface area (Å²) in [7, 11) is 4.32. The zero-order valence-electron chi connectivity index (χ0n) is 45.6. The van der Waals surface area contributed by atoms with Gasteiger partial charge in [-0.25, -0.2) is 4.79 Å². The number of carbonyl (C=O) groups excluding carboxylic acids is 6. The number of cyclic esters (lactones) is 1. The van der Waals surface area contributed by atoms with Crippen molar-refractivity contribution in [3.63, 3.8) is 0 Å². The van der Waals surface area contributed by atoms with E-state index in [2.05, 4.69) is 0 Å². The van der Waals surface area contributed by atoms with E-state index >= 15 is 0 Å². The number of ether oxygens (including phenoxy) is 6. The average molecular weight is 1050 g/mol. The fourth-order valence-corrected chi connectivity index (χ4v) is 10.6. The molecule has 3 fully saturated rings. The first kappa shape index (κ1) is 62.6. The normalized spacial score (nSPS) is 37.0. The number of aliphatic hydroxyl groups is 5.